The van der Waals surface area contributed by atoms with Crippen molar-refractivity contribution < 1.29 is 18.7 Å². The van der Waals surface area contributed by atoms with Gasteiger partial charge >= 0.3 is 5.97 Å². The molecule has 1 amide bonds. The van der Waals surface area contributed by atoms with Crippen molar-refractivity contribution in [3.63, 3.8) is 0 Å². The summed E-state index contributed by atoms with van der Waals surface area (Å²) in [5.74, 6) is 0.0725. The third-order valence-corrected chi connectivity index (χ3v) is 5.50. The van der Waals surface area contributed by atoms with Crippen LogP contribution in [0, 0.1) is 13.8 Å². The van der Waals surface area contributed by atoms with E-state index in [1.807, 2.05) is 0 Å². The fraction of sp³-hybridized carbons (Fsp3) is 0.364. The standard InChI is InChI=1S/C22H23ClN4O4/c1-4-30-22(29)18-12(2)19(24-13(18)3)21(28)27(16-9-10-16)11-17-25-26-20(31-17)14-5-7-15(23)8-6-14/h5-8,16,24H,4,9-11H2,1-3H3. The van der Waals surface area contributed by atoms with Gasteiger partial charge in [-0.05, 0) is 63.4 Å². The first-order valence-corrected chi connectivity index (χ1v) is 10.5. The fourth-order valence-electron chi connectivity index (χ4n) is 3.54. The zero-order valence-corrected chi connectivity index (χ0v) is 18.3. The predicted octanol–water partition coefficient (Wildman–Crippen LogP) is 4.32. The Labute approximate surface area is 184 Å². The molecule has 4 rings (SSSR count). The molecule has 0 radical (unpaired) electrons. The zero-order valence-electron chi connectivity index (χ0n) is 17.6. The second kappa shape index (κ2) is 8.55. The van der Waals surface area contributed by atoms with Gasteiger partial charge in [-0.25, -0.2) is 4.79 Å². The number of carbonyl (C=O) groups excluding carboxylic acids is 2. The van der Waals surface area contributed by atoms with Crippen molar-refractivity contribution in [1.82, 2.24) is 20.1 Å². The van der Waals surface area contributed by atoms with E-state index in [4.69, 9.17) is 20.8 Å². The minimum absolute atomic E-state index is 0.104. The molecule has 9 heteroatoms. The number of aromatic amines is 1. The number of carbonyl (C=O) groups is 2. The van der Waals surface area contributed by atoms with Crippen molar-refractivity contribution in [3.8, 4) is 11.5 Å². The normalized spacial score (nSPS) is 13.3. The van der Waals surface area contributed by atoms with E-state index < -0.39 is 5.97 Å². The maximum absolute atomic E-state index is 13.3. The van der Waals surface area contributed by atoms with Gasteiger partial charge in [0, 0.05) is 22.3 Å². The van der Waals surface area contributed by atoms with Crippen LogP contribution in [-0.2, 0) is 11.3 Å². The Morgan fingerprint density at radius 2 is 1.94 bits per heavy atom. The van der Waals surface area contributed by atoms with E-state index in [9.17, 15) is 9.59 Å². The Kier molecular flexibility index (Phi) is 5.82. The van der Waals surface area contributed by atoms with Crippen molar-refractivity contribution in [2.75, 3.05) is 6.61 Å². The first-order chi connectivity index (χ1) is 14.9. The van der Waals surface area contributed by atoms with Crippen molar-refractivity contribution in [1.29, 1.82) is 0 Å². The highest BCUT2D eigenvalue weighted by atomic mass is 35.5. The van der Waals surface area contributed by atoms with Crippen molar-refractivity contribution >= 4 is 23.5 Å². The average Bonchev–Trinajstić information content (AvgIpc) is 3.40. The van der Waals surface area contributed by atoms with Gasteiger partial charge in [0.2, 0.25) is 11.8 Å². The summed E-state index contributed by atoms with van der Waals surface area (Å²) in [5, 5.41) is 8.82. The average molecular weight is 443 g/mol. The van der Waals surface area contributed by atoms with E-state index in [1.54, 1.807) is 49.9 Å². The minimum Gasteiger partial charge on any atom is -0.462 e. The van der Waals surface area contributed by atoms with E-state index >= 15 is 0 Å². The Bertz CT molecular complexity index is 1120. The van der Waals surface area contributed by atoms with Gasteiger partial charge in [-0.1, -0.05) is 11.6 Å². The number of benzene rings is 1. The molecule has 1 aliphatic rings. The molecule has 31 heavy (non-hydrogen) atoms. The zero-order chi connectivity index (χ0) is 22.1. The number of nitrogens with zero attached hydrogens (tertiary/aromatic N) is 3. The molecule has 162 valence electrons. The summed E-state index contributed by atoms with van der Waals surface area (Å²) >= 11 is 5.93. The molecule has 0 saturated heterocycles. The largest absolute Gasteiger partial charge is 0.462 e. The van der Waals surface area contributed by atoms with Gasteiger partial charge in [0.25, 0.3) is 5.91 Å². The topological polar surface area (TPSA) is 101 Å². The van der Waals surface area contributed by atoms with E-state index in [2.05, 4.69) is 15.2 Å². The molecule has 8 nitrogen and oxygen atoms in total. The van der Waals surface area contributed by atoms with Crippen molar-refractivity contribution in [2.24, 2.45) is 0 Å². The van der Waals surface area contributed by atoms with Crippen LogP contribution < -0.4 is 0 Å². The van der Waals surface area contributed by atoms with Crippen LogP contribution in [0.1, 0.15) is 57.8 Å². The van der Waals surface area contributed by atoms with Crippen LogP contribution in [0.5, 0.6) is 0 Å². The summed E-state index contributed by atoms with van der Waals surface area (Å²) in [5.41, 5.74) is 2.73. The second-order valence-corrected chi connectivity index (χ2v) is 7.95. The van der Waals surface area contributed by atoms with E-state index in [-0.39, 0.29) is 25.1 Å². The monoisotopic (exact) mass is 442 g/mol. The first-order valence-electron chi connectivity index (χ1n) is 10.1. The van der Waals surface area contributed by atoms with E-state index in [0.717, 1.165) is 18.4 Å². The summed E-state index contributed by atoms with van der Waals surface area (Å²) in [6.07, 6.45) is 1.82. The first kappa shape index (κ1) is 21.1. The lowest BCUT2D eigenvalue weighted by atomic mass is 10.1. The number of rotatable bonds is 7. The molecule has 0 aliphatic heterocycles. The third-order valence-electron chi connectivity index (χ3n) is 5.24. The molecular formula is C22H23ClN4O4. The highest BCUT2D eigenvalue weighted by molar-refractivity contribution is 6.30. The van der Waals surface area contributed by atoms with Crippen LogP contribution in [0.3, 0.4) is 0 Å². The summed E-state index contributed by atoms with van der Waals surface area (Å²) in [7, 11) is 0. The highest BCUT2D eigenvalue weighted by Crippen LogP contribution is 2.31. The molecule has 1 aromatic carbocycles. The number of halogens is 1. The summed E-state index contributed by atoms with van der Waals surface area (Å²) < 4.78 is 10.9. The molecule has 2 heterocycles. The van der Waals surface area contributed by atoms with Gasteiger partial charge in [0.1, 0.15) is 5.69 Å². The van der Waals surface area contributed by atoms with E-state index in [0.29, 0.717) is 39.3 Å². The number of hydrogen-bond acceptors (Lipinski definition) is 6. The lowest BCUT2D eigenvalue weighted by Gasteiger charge is -2.20. The Hall–Kier alpha value is -3.13. The van der Waals surface area contributed by atoms with Crippen LogP contribution in [0.4, 0.5) is 0 Å². The molecule has 3 aromatic rings. The number of aryl methyl sites for hydroxylation is 1. The van der Waals surface area contributed by atoms with Gasteiger partial charge in [0.15, 0.2) is 0 Å². The fourth-order valence-corrected chi connectivity index (χ4v) is 3.67. The molecule has 1 saturated carbocycles. The molecule has 1 fully saturated rings. The van der Waals surface area contributed by atoms with Crippen LogP contribution in [0.15, 0.2) is 28.7 Å². The smallest absolute Gasteiger partial charge is 0.340 e. The van der Waals surface area contributed by atoms with E-state index in [1.165, 1.54) is 0 Å². The molecular weight excluding hydrogens is 420 g/mol. The molecule has 2 aromatic heterocycles. The number of H-pyrrole nitrogens is 1. The van der Waals surface area contributed by atoms with Crippen LogP contribution in [0.2, 0.25) is 5.02 Å². The number of amides is 1. The second-order valence-electron chi connectivity index (χ2n) is 7.52. The van der Waals surface area contributed by atoms with Gasteiger partial charge in [-0.3, -0.25) is 4.79 Å². The highest BCUT2D eigenvalue weighted by Gasteiger charge is 2.36. The van der Waals surface area contributed by atoms with Crippen LogP contribution in [0.25, 0.3) is 11.5 Å². The summed E-state index contributed by atoms with van der Waals surface area (Å²) in [6, 6.07) is 7.19. The van der Waals surface area contributed by atoms with Crippen LogP contribution in [-0.4, -0.2) is 44.6 Å². The van der Waals surface area contributed by atoms with Gasteiger partial charge < -0.3 is 19.0 Å². The van der Waals surface area contributed by atoms with Crippen molar-refractivity contribution in [3.05, 3.63) is 57.7 Å². The molecule has 1 N–H and O–H groups in total. The summed E-state index contributed by atoms with van der Waals surface area (Å²) in [4.78, 5) is 30.4. The number of esters is 1. The summed E-state index contributed by atoms with van der Waals surface area (Å²) in [6.45, 7) is 5.72. The third kappa shape index (κ3) is 4.34. The quantitative estimate of drug-likeness (QED) is 0.547. The maximum atomic E-state index is 13.3. The molecule has 0 spiro atoms. The number of aromatic nitrogens is 3. The maximum Gasteiger partial charge on any atom is 0.340 e. The molecule has 0 unspecified atom stereocenters. The predicted molar refractivity (Wildman–Crippen MR) is 114 cm³/mol. The van der Waals surface area contributed by atoms with Gasteiger partial charge in [0.05, 0.1) is 18.7 Å². The Balaban J connectivity index is 1.57. The molecule has 0 atom stereocenters. The molecule has 1 aliphatic carbocycles. The number of ether oxygens (including phenoxy) is 1. The van der Waals surface area contributed by atoms with Gasteiger partial charge in [-0.2, -0.15) is 0 Å². The minimum atomic E-state index is -0.435. The SMILES string of the molecule is CCOC(=O)c1c(C)[nH]c(C(=O)N(Cc2nnc(-c3ccc(Cl)cc3)o2)C2CC2)c1C. The van der Waals surface area contributed by atoms with Crippen molar-refractivity contribution in [2.45, 2.75) is 46.2 Å². The lowest BCUT2D eigenvalue weighted by molar-refractivity contribution is 0.0525. The Morgan fingerprint density at radius 3 is 2.58 bits per heavy atom. The van der Waals surface area contributed by atoms with Gasteiger partial charge in [-0.15, -0.1) is 10.2 Å². The molecule has 0 bridgehead atoms. The Morgan fingerprint density at radius 1 is 1.23 bits per heavy atom. The lowest BCUT2D eigenvalue weighted by Crippen LogP contribution is -2.33. The van der Waals surface area contributed by atoms with Crippen LogP contribution >= 0.6 is 11.6 Å². The number of hydrogen-bond donors (Lipinski definition) is 1. The number of nitrogens with one attached hydrogen (secondary N) is 1.